The third-order valence-corrected chi connectivity index (χ3v) is 1.22. The molecule has 1 aromatic heterocycles. The highest BCUT2D eigenvalue weighted by atomic mass is 15.3. The van der Waals surface area contributed by atoms with Gasteiger partial charge in [-0.3, -0.25) is 0 Å². The van der Waals surface area contributed by atoms with Crippen molar-refractivity contribution in [2.75, 3.05) is 0 Å². The summed E-state index contributed by atoms with van der Waals surface area (Å²) in [7, 11) is 0. The molecule has 13 heavy (non-hydrogen) atoms. The number of fused-ring (bicyclic) bond motifs is 1. The quantitative estimate of drug-likeness (QED) is 0.675. The van der Waals surface area contributed by atoms with Gasteiger partial charge in [-0.1, -0.05) is 39.8 Å². The molecule has 3 nitrogen and oxygen atoms in total. The van der Waals surface area contributed by atoms with Gasteiger partial charge in [0, 0.05) is 0 Å². The molecule has 0 saturated heterocycles. The largest absolute Gasteiger partial charge is 0.197 e. The van der Waals surface area contributed by atoms with Crippen LogP contribution < -0.4 is 0 Å². The molecular formula is C10H17N3. The third-order valence-electron chi connectivity index (χ3n) is 1.22. The van der Waals surface area contributed by atoms with Crippen molar-refractivity contribution in [2.45, 2.75) is 27.7 Å². The number of aromatic nitrogens is 3. The van der Waals surface area contributed by atoms with Crippen LogP contribution in [0.4, 0.5) is 0 Å². The maximum absolute atomic E-state index is 3.88. The zero-order valence-corrected chi connectivity index (χ0v) is 8.70. The Morgan fingerprint density at radius 3 is 1.62 bits per heavy atom. The lowest BCUT2D eigenvalue weighted by atomic mass is 10.3. The van der Waals surface area contributed by atoms with Crippen LogP contribution >= 0.6 is 0 Å². The fraction of sp³-hybridized carbons (Fsp3) is 0.400. The lowest BCUT2D eigenvalue weighted by Crippen LogP contribution is -1.63. The van der Waals surface area contributed by atoms with Crippen LogP contribution in [-0.4, -0.2) is 15.4 Å². The summed E-state index contributed by atoms with van der Waals surface area (Å²) < 4.78 is 0. The molecule has 0 fully saturated rings. The van der Waals surface area contributed by atoms with E-state index in [2.05, 4.69) is 15.4 Å². The standard InChI is InChI=1S/C6H5N3.2C2H6/c1-2-4-6-5(3-1)7-9-8-6;2*1-2/h1-4H,(H,7,8,9);2*1-2H3. The molecule has 0 aliphatic carbocycles. The van der Waals surface area contributed by atoms with Crippen LogP contribution in [0.15, 0.2) is 24.3 Å². The van der Waals surface area contributed by atoms with Gasteiger partial charge in [-0.15, -0.1) is 0 Å². The summed E-state index contributed by atoms with van der Waals surface area (Å²) in [5.41, 5.74) is 1.83. The molecule has 0 radical (unpaired) electrons. The second-order valence-electron chi connectivity index (χ2n) is 1.81. The first-order chi connectivity index (χ1) is 6.47. The Kier molecular flexibility index (Phi) is 6.51. The van der Waals surface area contributed by atoms with Gasteiger partial charge in [0.15, 0.2) is 0 Å². The predicted octanol–water partition coefficient (Wildman–Crippen LogP) is 3.01. The van der Waals surface area contributed by atoms with Gasteiger partial charge < -0.3 is 0 Å². The van der Waals surface area contributed by atoms with E-state index < -0.39 is 0 Å². The first-order valence-electron chi connectivity index (χ1n) is 4.72. The van der Waals surface area contributed by atoms with Gasteiger partial charge in [0.2, 0.25) is 0 Å². The van der Waals surface area contributed by atoms with E-state index in [-0.39, 0.29) is 0 Å². The van der Waals surface area contributed by atoms with E-state index in [9.17, 15) is 0 Å². The van der Waals surface area contributed by atoms with Crippen LogP contribution in [0, 0.1) is 0 Å². The number of H-pyrrole nitrogens is 1. The van der Waals surface area contributed by atoms with Crippen LogP contribution in [0.25, 0.3) is 11.0 Å². The summed E-state index contributed by atoms with van der Waals surface area (Å²) in [6.45, 7) is 8.00. The van der Waals surface area contributed by atoms with E-state index in [1.54, 1.807) is 0 Å². The smallest absolute Gasteiger partial charge is 0.112 e. The predicted molar refractivity (Wildman–Crippen MR) is 56.6 cm³/mol. The van der Waals surface area contributed by atoms with Gasteiger partial charge in [-0.05, 0) is 12.1 Å². The number of benzene rings is 1. The third kappa shape index (κ3) is 3.23. The van der Waals surface area contributed by atoms with E-state index in [0.29, 0.717) is 0 Å². The maximum atomic E-state index is 3.88. The SMILES string of the molecule is CC.CC.c1ccc2n[nH]nc2c1. The first-order valence-corrected chi connectivity index (χ1v) is 4.72. The molecule has 2 rings (SSSR count). The summed E-state index contributed by atoms with van der Waals surface area (Å²) >= 11 is 0. The van der Waals surface area contributed by atoms with Crippen LogP contribution in [0.3, 0.4) is 0 Å². The number of aromatic amines is 1. The molecule has 0 spiro atoms. The highest BCUT2D eigenvalue weighted by Gasteiger charge is 1.90. The van der Waals surface area contributed by atoms with Crippen molar-refractivity contribution in [3.8, 4) is 0 Å². The van der Waals surface area contributed by atoms with Crippen molar-refractivity contribution >= 4 is 11.0 Å². The Balaban J connectivity index is 0.000000322. The number of rotatable bonds is 0. The molecule has 0 aliphatic heterocycles. The lowest BCUT2D eigenvalue weighted by molar-refractivity contribution is 0.959. The Morgan fingerprint density at radius 2 is 1.23 bits per heavy atom. The van der Waals surface area contributed by atoms with E-state index >= 15 is 0 Å². The van der Waals surface area contributed by atoms with Crippen LogP contribution in [0.2, 0.25) is 0 Å². The van der Waals surface area contributed by atoms with Gasteiger partial charge in [0.1, 0.15) is 11.0 Å². The van der Waals surface area contributed by atoms with Gasteiger partial charge in [-0.2, -0.15) is 15.4 Å². The monoisotopic (exact) mass is 179 g/mol. The van der Waals surface area contributed by atoms with Crippen molar-refractivity contribution in [1.29, 1.82) is 0 Å². The molecule has 1 aromatic carbocycles. The molecule has 0 unspecified atom stereocenters. The van der Waals surface area contributed by atoms with Crippen molar-refractivity contribution in [3.05, 3.63) is 24.3 Å². The topological polar surface area (TPSA) is 41.6 Å². The van der Waals surface area contributed by atoms with E-state index in [1.807, 2.05) is 52.0 Å². The first kappa shape index (κ1) is 11.6. The molecule has 1 heterocycles. The number of nitrogens with one attached hydrogen (secondary N) is 1. The molecule has 2 aromatic rings. The fourth-order valence-electron chi connectivity index (χ4n) is 0.786. The average Bonchev–Trinajstić information content (AvgIpc) is 2.71. The molecular weight excluding hydrogens is 162 g/mol. The molecule has 0 aliphatic rings. The van der Waals surface area contributed by atoms with E-state index in [4.69, 9.17) is 0 Å². The molecule has 0 saturated carbocycles. The minimum Gasteiger partial charge on any atom is -0.197 e. The second-order valence-corrected chi connectivity index (χ2v) is 1.81. The zero-order chi connectivity index (χ0) is 10.1. The lowest BCUT2D eigenvalue weighted by Gasteiger charge is -1.78. The summed E-state index contributed by atoms with van der Waals surface area (Å²) in [5.74, 6) is 0. The van der Waals surface area contributed by atoms with Gasteiger partial charge in [-0.25, -0.2) is 0 Å². The number of hydrogen-bond acceptors (Lipinski definition) is 2. The van der Waals surface area contributed by atoms with Crippen LogP contribution in [0.5, 0.6) is 0 Å². The van der Waals surface area contributed by atoms with E-state index in [0.717, 1.165) is 11.0 Å². The minimum atomic E-state index is 0.914. The number of hydrogen-bond donors (Lipinski definition) is 1. The highest BCUT2D eigenvalue weighted by Crippen LogP contribution is 2.03. The molecule has 0 bridgehead atoms. The molecule has 0 amide bonds. The summed E-state index contributed by atoms with van der Waals surface area (Å²) in [6, 6.07) is 7.70. The summed E-state index contributed by atoms with van der Waals surface area (Å²) in [5, 5.41) is 10.3. The van der Waals surface area contributed by atoms with Crippen LogP contribution in [0.1, 0.15) is 27.7 Å². The Morgan fingerprint density at radius 1 is 0.846 bits per heavy atom. The molecule has 3 heteroatoms. The number of nitrogens with zero attached hydrogens (tertiary/aromatic N) is 2. The number of para-hydroxylation sites is 2. The Bertz CT molecular complexity index is 284. The highest BCUT2D eigenvalue weighted by molar-refractivity contribution is 5.72. The van der Waals surface area contributed by atoms with Crippen molar-refractivity contribution < 1.29 is 0 Å². The van der Waals surface area contributed by atoms with E-state index in [1.165, 1.54) is 0 Å². The zero-order valence-electron chi connectivity index (χ0n) is 8.70. The van der Waals surface area contributed by atoms with Crippen LogP contribution in [-0.2, 0) is 0 Å². The second kappa shape index (κ2) is 7.28. The average molecular weight is 179 g/mol. The van der Waals surface area contributed by atoms with Gasteiger partial charge >= 0.3 is 0 Å². The fourth-order valence-corrected chi connectivity index (χ4v) is 0.786. The summed E-state index contributed by atoms with van der Waals surface area (Å²) in [6.07, 6.45) is 0. The molecule has 72 valence electrons. The molecule has 1 N–H and O–H groups in total. The van der Waals surface area contributed by atoms with Crippen molar-refractivity contribution in [1.82, 2.24) is 15.4 Å². The Hall–Kier alpha value is -1.38. The normalized spacial score (nSPS) is 8.00. The van der Waals surface area contributed by atoms with Gasteiger partial charge in [0.25, 0.3) is 0 Å². The maximum Gasteiger partial charge on any atom is 0.112 e. The van der Waals surface area contributed by atoms with Crippen molar-refractivity contribution in [2.24, 2.45) is 0 Å². The Labute approximate surface area is 79.2 Å². The summed E-state index contributed by atoms with van der Waals surface area (Å²) in [4.78, 5) is 0. The van der Waals surface area contributed by atoms with Gasteiger partial charge in [0.05, 0.1) is 0 Å². The molecule has 0 atom stereocenters. The van der Waals surface area contributed by atoms with Crippen molar-refractivity contribution in [3.63, 3.8) is 0 Å². The minimum absolute atomic E-state index is 0.914.